The van der Waals surface area contributed by atoms with Gasteiger partial charge in [0.1, 0.15) is 29.2 Å². The summed E-state index contributed by atoms with van der Waals surface area (Å²) in [5, 5.41) is 11.2. The second kappa shape index (κ2) is 6.63. The highest BCUT2D eigenvalue weighted by atomic mass is 19.1. The van der Waals surface area contributed by atoms with Crippen molar-refractivity contribution in [1.29, 1.82) is 5.26 Å². The molecular weight excluding hydrogens is 290 g/mol. The number of aromatic nitrogens is 1. The zero-order valence-electron chi connectivity index (χ0n) is 11.7. The Labute approximate surface area is 125 Å². The monoisotopic (exact) mass is 302 g/mol. The maximum atomic E-state index is 13.0. The molecular formula is C15H12F2N4O. The van der Waals surface area contributed by atoms with Gasteiger partial charge in [0, 0.05) is 18.8 Å². The molecule has 1 aromatic carbocycles. The SMILES string of the molecule is CN(CC(=O)Nc1cc(F)cc(F)c1)c1cccc(C#N)n1. The summed E-state index contributed by atoms with van der Waals surface area (Å²) in [5.74, 6) is -1.56. The van der Waals surface area contributed by atoms with E-state index in [2.05, 4.69) is 10.3 Å². The number of benzene rings is 1. The first-order valence-electron chi connectivity index (χ1n) is 6.32. The molecule has 22 heavy (non-hydrogen) atoms. The molecule has 0 bridgehead atoms. The molecule has 5 nitrogen and oxygen atoms in total. The number of rotatable bonds is 4. The topological polar surface area (TPSA) is 69.0 Å². The van der Waals surface area contributed by atoms with Crippen LogP contribution in [0, 0.1) is 23.0 Å². The van der Waals surface area contributed by atoms with Gasteiger partial charge >= 0.3 is 0 Å². The van der Waals surface area contributed by atoms with Gasteiger partial charge in [-0.1, -0.05) is 6.07 Å². The van der Waals surface area contributed by atoms with E-state index in [4.69, 9.17) is 5.26 Å². The summed E-state index contributed by atoms with van der Waals surface area (Å²) in [4.78, 5) is 17.4. The molecule has 0 aliphatic carbocycles. The van der Waals surface area contributed by atoms with Gasteiger partial charge in [-0.2, -0.15) is 5.26 Å². The van der Waals surface area contributed by atoms with Crippen LogP contribution in [0.2, 0.25) is 0 Å². The molecule has 2 rings (SSSR count). The van der Waals surface area contributed by atoms with Crippen LogP contribution in [-0.2, 0) is 4.79 Å². The number of nitrogens with one attached hydrogen (secondary N) is 1. The highest BCUT2D eigenvalue weighted by Gasteiger charge is 2.10. The number of anilines is 2. The molecule has 0 saturated heterocycles. The molecule has 0 aliphatic heterocycles. The molecule has 1 aromatic heterocycles. The van der Waals surface area contributed by atoms with E-state index in [9.17, 15) is 13.6 Å². The lowest BCUT2D eigenvalue weighted by atomic mass is 10.3. The van der Waals surface area contributed by atoms with Gasteiger partial charge in [-0.05, 0) is 24.3 Å². The first-order valence-corrected chi connectivity index (χ1v) is 6.32. The molecule has 0 radical (unpaired) electrons. The van der Waals surface area contributed by atoms with Gasteiger partial charge in [0.05, 0.1) is 6.54 Å². The van der Waals surface area contributed by atoms with E-state index in [-0.39, 0.29) is 17.9 Å². The molecule has 112 valence electrons. The first kappa shape index (κ1) is 15.4. The Morgan fingerprint density at radius 1 is 1.32 bits per heavy atom. The summed E-state index contributed by atoms with van der Waals surface area (Å²) >= 11 is 0. The number of hydrogen-bond donors (Lipinski definition) is 1. The van der Waals surface area contributed by atoms with Crippen LogP contribution in [0.5, 0.6) is 0 Å². The molecule has 7 heteroatoms. The maximum absolute atomic E-state index is 13.0. The fourth-order valence-corrected chi connectivity index (χ4v) is 1.82. The lowest BCUT2D eigenvalue weighted by Gasteiger charge is -2.17. The lowest BCUT2D eigenvalue weighted by Crippen LogP contribution is -2.30. The number of amides is 1. The minimum atomic E-state index is -0.771. The maximum Gasteiger partial charge on any atom is 0.243 e. The summed E-state index contributed by atoms with van der Waals surface area (Å²) in [5.41, 5.74) is 0.270. The zero-order chi connectivity index (χ0) is 16.1. The molecule has 0 atom stereocenters. The Balaban J connectivity index is 2.03. The molecule has 2 aromatic rings. The highest BCUT2D eigenvalue weighted by molar-refractivity contribution is 5.93. The second-order valence-corrected chi connectivity index (χ2v) is 4.56. The second-order valence-electron chi connectivity index (χ2n) is 4.56. The summed E-state index contributed by atoms with van der Waals surface area (Å²) < 4.78 is 26.1. The third kappa shape index (κ3) is 3.99. The Morgan fingerprint density at radius 3 is 2.64 bits per heavy atom. The van der Waals surface area contributed by atoms with E-state index in [1.54, 1.807) is 25.2 Å². The normalized spacial score (nSPS) is 9.91. The van der Waals surface area contributed by atoms with Crippen LogP contribution < -0.4 is 10.2 Å². The minimum absolute atomic E-state index is 0.0367. The van der Waals surface area contributed by atoms with E-state index in [0.717, 1.165) is 18.2 Å². The molecule has 1 N–H and O–H groups in total. The molecule has 0 saturated carbocycles. The minimum Gasteiger partial charge on any atom is -0.350 e. The van der Waals surface area contributed by atoms with Crippen molar-refractivity contribution < 1.29 is 13.6 Å². The van der Waals surface area contributed by atoms with Crippen molar-refractivity contribution in [1.82, 2.24) is 4.98 Å². The van der Waals surface area contributed by atoms with Crippen LogP contribution in [0.4, 0.5) is 20.3 Å². The van der Waals surface area contributed by atoms with Crippen LogP contribution >= 0.6 is 0 Å². The van der Waals surface area contributed by atoms with Gasteiger partial charge in [-0.25, -0.2) is 13.8 Å². The number of halogens is 2. The van der Waals surface area contributed by atoms with Gasteiger partial charge in [0.25, 0.3) is 0 Å². The fourth-order valence-electron chi connectivity index (χ4n) is 1.82. The molecule has 0 aliphatic rings. The van der Waals surface area contributed by atoms with E-state index < -0.39 is 17.5 Å². The number of pyridine rings is 1. The molecule has 0 fully saturated rings. The predicted molar refractivity (Wildman–Crippen MR) is 77.2 cm³/mol. The molecule has 0 unspecified atom stereocenters. The number of nitrogens with zero attached hydrogens (tertiary/aromatic N) is 3. The van der Waals surface area contributed by atoms with Gasteiger partial charge in [-0.3, -0.25) is 4.79 Å². The zero-order valence-corrected chi connectivity index (χ0v) is 11.7. The number of nitriles is 1. The van der Waals surface area contributed by atoms with Gasteiger partial charge in [-0.15, -0.1) is 0 Å². The number of hydrogen-bond acceptors (Lipinski definition) is 4. The van der Waals surface area contributed by atoms with Crippen molar-refractivity contribution in [3.05, 3.63) is 53.7 Å². The van der Waals surface area contributed by atoms with Gasteiger partial charge in [0.15, 0.2) is 0 Å². The van der Waals surface area contributed by atoms with Crippen molar-refractivity contribution in [3.8, 4) is 6.07 Å². The Hall–Kier alpha value is -3.01. The molecule has 1 heterocycles. The Kier molecular flexibility index (Phi) is 4.63. The lowest BCUT2D eigenvalue weighted by molar-refractivity contribution is -0.114. The predicted octanol–water partition coefficient (Wildman–Crippen LogP) is 2.31. The molecule has 0 spiro atoms. The van der Waals surface area contributed by atoms with Crippen molar-refractivity contribution in [3.63, 3.8) is 0 Å². The molecule has 1 amide bonds. The average Bonchev–Trinajstić information content (AvgIpc) is 2.46. The highest BCUT2D eigenvalue weighted by Crippen LogP contribution is 2.13. The van der Waals surface area contributed by atoms with Crippen molar-refractivity contribution in [2.45, 2.75) is 0 Å². The smallest absolute Gasteiger partial charge is 0.243 e. The van der Waals surface area contributed by atoms with Crippen molar-refractivity contribution >= 4 is 17.4 Å². The standard InChI is InChI=1S/C15H12F2N4O/c1-21(14-4-2-3-12(8-18)19-14)9-15(22)20-13-6-10(16)5-11(17)7-13/h2-7H,9H2,1H3,(H,20,22). The average molecular weight is 302 g/mol. The largest absolute Gasteiger partial charge is 0.350 e. The Morgan fingerprint density at radius 2 is 2.00 bits per heavy atom. The van der Waals surface area contributed by atoms with Crippen molar-refractivity contribution in [2.75, 3.05) is 23.8 Å². The summed E-state index contributed by atoms with van der Waals surface area (Å²) in [6.07, 6.45) is 0. The van der Waals surface area contributed by atoms with E-state index in [1.807, 2.05) is 6.07 Å². The third-order valence-electron chi connectivity index (χ3n) is 2.77. The van der Waals surface area contributed by atoms with Crippen molar-refractivity contribution in [2.24, 2.45) is 0 Å². The number of likely N-dealkylation sites (N-methyl/N-ethyl adjacent to an activating group) is 1. The Bertz CT molecular complexity index is 722. The van der Waals surface area contributed by atoms with E-state index in [1.165, 1.54) is 4.90 Å². The summed E-state index contributed by atoms with van der Waals surface area (Å²) in [6, 6.07) is 9.52. The van der Waals surface area contributed by atoms with E-state index >= 15 is 0 Å². The van der Waals surface area contributed by atoms with Crippen LogP contribution in [0.1, 0.15) is 5.69 Å². The summed E-state index contributed by atoms with van der Waals surface area (Å²) in [6.45, 7) is -0.0833. The summed E-state index contributed by atoms with van der Waals surface area (Å²) in [7, 11) is 1.62. The third-order valence-corrected chi connectivity index (χ3v) is 2.77. The fraction of sp³-hybridized carbons (Fsp3) is 0.133. The van der Waals surface area contributed by atoms with Crippen LogP contribution in [0.3, 0.4) is 0 Å². The number of carbonyl (C=O) groups excluding carboxylic acids is 1. The van der Waals surface area contributed by atoms with Crippen LogP contribution in [-0.4, -0.2) is 24.5 Å². The van der Waals surface area contributed by atoms with Gasteiger partial charge in [0.2, 0.25) is 5.91 Å². The van der Waals surface area contributed by atoms with E-state index in [0.29, 0.717) is 5.82 Å². The first-order chi connectivity index (χ1) is 10.5. The number of carbonyl (C=O) groups is 1. The quantitative estimate of drug-likeness (QED) is 0.941. The van der Waals surface area contributed by atoms with Gasteiger partial charge < -0.3 is 10.2 Å². The van der Waals surface area contributed by atoms with Crippen LogP contribution in [0.25, 0.3) is 0 Å². The van der Waals surface area contributed by atoms with Crippen LogP contribution in [0.15, 0.2) is 36.4 Å².